The number of nitrogens with one attached hydrogen (secondary N) is 1. The predicted molar refractivity (Wildman–Crippen MR) is 93.7 cm³/mol. The van der Waals surface area contributed by atoms with Gasteiger partial charge in [0.25, 0.3) is 5.69 Å². The number of benzene rings is 1. The molecule has 1 N–H and O–H groups in total. The summed E-state index contributed by atoms with van der Waals surface area (Å²) in [5, 5.41) is 14.5. The van der Waals surface area contributed by atoms with E-state index in [0.717, 1.165) is 12.8 Å². The lowest BCUT2D eigenvalue weighted by molar-refractivity contribution is -0.385. The molecule has 0 aliphatic carbocycles. The molecule has 1 aromatic carbocycles. The van der Waals surface area contributed by atoms with Crippen molar-refractivity contribution in [3.8, 4) is 11.5 Å². The summed E-state index contributed by atoms with van der Waals surface area (Å²) in [4.78, 5) is 25.2. The Balaban J connectivity index is 0.00000225. The van der Waals surface area contributed by atoms with E-state index in [2.05, 4.69) is 5.32 Å². The van der Waals surface area contributed by atoms with Crippen LogP contribution in [0.2, 0.25) is 0 Å². The molecule has 1 amide bonds. The van der Waals surface area contributed by atoms with E-state index in [-0.39, 0.29) is 36.5 Å². The van der Waals surface area contributed by atoms with Crippen molar-refractivity contribution < 1.29 is 19.2 Å². The Morgan fingerprint density at radius 1 is 1.36 bits per heavy atom. The van der Waals surface area contributed by atoms with Crippen LogP contribution in [-0.4, -0.2) is 55.1 Å². The number of hydrogen-bond acceptors (Lipinski definition) is 6. The third kappa shape index (κ3) is 4.32. The van der Waals surface area contributed by atoms with E-state index in [1.54, 1.807) is 11.0 Å². The number of carbonyl (C=O) groups is 1. The van der Waals surface area contributed by atoms with Crippen LogP contribution >= 0.6 is 12.4 Å². The Labute approximate surface area is 152 Å². The van der Waals surface area contributed by atoms with Gasteiger partial charge in [-0.2, -0.15) is 0 Å². The molecule has 0 saturated carbocycles. The molecule has 0 spiro atoms. The number of piperidine rings is 1. The van der Waals surface area contributed by atoms with Gasteiger partial charge in [0.15, 0.2) is 11.5 Å². The molecule has 2 aliphatic heterocycles. The number of nitro groups is 1. The number of hydrogen-bond donors (Lipinski definition) is 1. The fourth-order valence-corrected chi connectivity index (χ4v) is 3.15. The molecule has 1 atom stereocenters. The van der Waals surface area contributed by atoms with Crippen molar-refractivity contribution in [2.24, 2.45) is 0 Å². The molecule has 0 radical (unpaired) electrons. The number of halogens is 1. The molecule has 3 rings (SSSR count). The summed E-state index contributed by atoms with van der Waals surface area (Å²) in [7, 11) is 1.88. The lowest BCUT2D eigenvalue weighted by Crippen LogP contribution is -2.47. The third-order valence-electron chi connectivity index (χ3n) is 4.46. The highest BCUT2D eigenvalue weighted by Crippen LogP contribution is 2.37. The highest BCUT2D eigenvalue weighted by atomic mass is 35.5. The van der Waals surface area contributed by atoms with Gasteiger partial charge in [-0.05, 0) is 26.0 Å². The molecule has 1 aromatic rings. The predicted octanol–water partition coefficient (Wildman–Crippen LogP) is 1.54. The minimum Gasteiger partial charge on any atom is -0.486 e. The number of likely N-dealkylation sites (N-methyl/N-ethyl adjacent to an activating group) is 1. The molecule has 25 heavy (non-hydrogen) atoms. The number of amides is 1. The van der Waals surface area contributed by atoms with Crippen molar-refractivity contribution in [2.45, 2.75) is 25.3 Å². The SMILES string of the molecule is CNC1CCCN(C(=O)Cc2cc3c(cc2[N+](=O)[O-])OCCO3)C1.Cl. The first-order valence-electron chi connectivity index (χ1n) is 8.10. The van der Waals surface area contributed by atoms with E-state index in [1.165, 1.54) is 6.07 Å². The molecular formula is C16H22ClN3O5. The monoisotopic (exact) mass is 371 g/mol. The Morgan fingerprint density at radius 2 is 2.04 bits per heavy atom. The zero-order valence-electron chi connectivity index (χ0n) is 14.0. The molecule has 9 heteroatoms. The topological polar surface area (TPSA) is 93.9 Å². The standard InChI is InChI=1S/C16H21N3O5.ClH/c1-17-12-3-2-4-18(10-12)16(20)8-11-7-14-15(24-6-5-23-14)9-13(11)19(21)22;/h7,9,12,17H,2-6,8,10H2,1H3;1H. The van der Waals surface area contributed by atoms with Crippen LogP contribution in [0.5, 0.6) is 11.5 Å². The Hall–Kier alpha value is -2.06. The number of rotatable bonds is 4. The van der Waals surface area contributed by atoms with Crippen molar-refractivity contribution in [3.05, 3.63) is 27.8 Å². The van der Waals surface area contributed by atoms with Crippen molar-refractivity contribution in [3.63, 3.8) is 0 Å². The summed E-state index contributed by atoms with van der Waals surface area (Å²) in [6.45, 7) is 2.08. The Bertz CT molecular complexity index is 655. The zero-order chi connectivity index (χ0) is 17.1. The molecule has 2 heterocycles. The Morgan fingerprint density at radius 3 is 2.68 bits per heavy atom. The van der Waals surface area contributed by atoms with Crippen molar-refractivity contribution in [2.75, 3.05) is 33.4 Å². The van der Waals surface area contributed by atoms with Crippen LogP contribution in [0.1, 0.15) is 18.4 Å². The number of nitro benzene ring substituents is 1. The van der Waals surface area contributed by atoms with Crippen LogP contribution in [0.15, 0.2) is 12.1 Å². The molecule has 2 aliphatic rings. The maximum absolute atomic E-state index is 12.6. The molecule has 8 nitrogen and oxygen atoms in total. The van der Waals surface area contributed by atoms with Gasteiger partial charge in [-0.1, -0.05) is 0 Å². The van der Waals surface area contributed by atoms with Gasteiger partial charge in [-0.15, -0.1) is 12.4 Å². The summed E-state index contributed by atoms with van der Waals surface area (Å²) in [5.41, 5.74) is 0.260. The van der Waals surface area contributed by atoms with Crippen LogP contribution in [0.3, 0.4) is 0 Å². The molecular weight excluding hydrogens is 350 g/mol. The maximum atomic E-state index is 12.6. The maximum Gasteiger partial charge on any atom is 0.277 e. The smallest absolute Gasteiger partial charge is 0.277 e. The fraction of sp³-hybridized carbons (Fsp3) is 0.562. The van der Waals surface area contributed by atoms with Gasteiger partial charge in [-0.3, -0.25) is 14.9 Å². The number of ether oxygens (including phenoxy) is 2. The lowest BCUT2D eigenvalue weighted by atomic mass is 10.0. The van der Waals surface area contributed by atoms with Crippen LogP contribution in [0, 0.1) is 10.1 Å². The zero-order valence-corrected chi connectivity index (χ0v) is 14.8. The minimum absolute atomic E-state index is 0. The van der Waals surface area contributed by atoms with Crippen molar-refractivity contribution >= 4 is 24.0 Å². The minimum atomic E-state index is -0.479. The molecule has 1 saturated heterocycles. The Kier molecular flexibility index (Phi) is 6.44. The molecule has 0 bridgehead atoms. The first-order chi connectivity index (χ1) is 11.6. The molecule has 1 unspecified atom stereocenters. The van der Waals surface area contributed by atoms with E-state index in [4.69, 9.17) is 9.47 Å². The summed E-state index contributed by atoms with van der Waals surface area (Å²) < 4.78 is 10.9. The second kappa shape index (κ2) is 8.35. The number of nitrogens with zero attached hydrogens (tertiary/aromatic N) is 2. The number of likely N-dealkylation sites (tertiary alicyclic amines) is 1. The number of fused-ring (bicyclic) bond motifs is 1. The normalized spacial score (nSPS) is 19.1. The summed E-state index contributed by atoms with van der Waals surface area (Å²) in [5.74, 6) is 0.716. The molecule has 138 valence electrons. The van der Waals surface area contributed by atoms with Crippen LogP contribution in [-0.2, 0) is 11.2 Å². The van der Waals surface area contributed by atoms with Crippen LogP contribution in [0.4, 0.5) is 5.69 Å². The summed E-state index contributed by atoms with van der Waals surface area (Å²) in [6.07, 6.45) is 1.95. The molecule has 0 aromatic heterocycles. The summed E-state index contributed by atoms with van der Waals surface area (Å²) >= 11 is 0. The first-order valence-corrected chi connectivity index (χ1v) is 8.10. The van der Waals surface area contributed by atoms with Gasteiger partial charge in [0.1, 0.15) is 13.2 Å². The molecule has 1 fully saturated rings. The van der Waals surface area contributed by atoms with Crippen LogP contribution in [0.25, 0.3) is 0 Å². The average Bonchev–Trinajstić information content (AvgIpc) is 2.61. The van der Waals surface area contributed by atoms with Crippen LogP contribution < -0.4 is 14.8 Å². The van der Waals surface area contributed by atoms with Crippen molar-refractivity contribution in [1.82, 2.24) is 10.2 Å². The highest BCUT2D eigenvalue weighted by Gasteiger charge is 2.27. The van der Waals surface area contributed by atoms with E-state index < -0.39 is 4.92 Å². The van der Waals surface area contributed by atoms with E-state index in [1.807, 2.05) is 7.05 Å². The van der Waals surface area contributed by atoms with E-state index in [9.17, 15) is 14.9 Å². The second-order valence-corrected chi connectivity index (χ2v) is 6.03. The lowest BCUT2D eigenvalue weighted by Gasteiger charge is -2.32. The van der Waals surface area contributed by atoms with Crippen molar-refractivity contribution in [1.29, 1.82) is 0 Å². The van der Waals surface area contributed by atoms with Gasteiger partial charge in [-0.25, -0.2) is 0 Å². The first kappa shape index (κ1) is 19.3. The van der Waals surface area contributed by atoms with Gasteiger partial charge in [0, 0.05) is 24.7 Å². The third-order valence-corrected chi connectivity index (χ3v) is 4.46. The van der Waals surface area contributed by atoms with Gasteiger partial charge < -0.3 is 19.7 Å². The van der Waals surface area contributed by atoms with Gasteiger partial charge in [0.2, 0.25) is 5.91 Å². The van der Waals surface area contributed by atoms with Gasteiger partial charge in [0.05, 0.1) is 17.4 Å². The highest BCUT2D eigenvalue weighted by molar-refractivity contribution is 5.85. The second-order valence-electron chi connectivity index (χ2n) is 6.03. The quantitative estimate of drug-likeness (QED) is 0.637. The average molecular weight is 372 g/mol. The largest absolute Gasteiger partial charge is 0.486 e. The van der Waals surface area contributed by atoms with E-state index >= 15 is 0 Å². The summed E-state index contributed by atoms with van der Waals surface area (Å²) in [6, 6.07) is 3.19. The van der Waals surface area contributed by atoms with Gasteiger partial charge >= 0.3 is 0 Å². The fourth-order valence-electron chi connectivity index (χ4n) is 3.15. The van der Waals surface area contributed by atoms with E-state index in [0.29, 0.717) is 43.4 Å². The number of carbonyl (C=O) groups excluding carboxylic acids is 1.